The SMILES string of the molecule is COc1cc(C=Nc2cc(C)ccc2C)cc(Cl)c1OCc1ccc(F)cc1. The predicted molar refractivity (Wildman–Crippen MR) is 112 cm³/mol. The standard InChI is InChI=1S/C23H21ClFNO2/c1-15-4-5-16(2)21(10-15)26-13-18-11-20(24)23(22(12-18)27-3)28-14-17-6-8-19(25)9-7-17/h4-13H,14H2,1-3H3. The van der Waals surface area contributed by atoms with Gasteiger partial charge in [-0.15, -0.1) is 0 Å². The van der Waals surface area contributed by atoms with Crippen LogP contribution in [0.3, 0.4) is 0 Å². The Hall–Kier alpha value is -2.85. The van der Waals surface area contributed by atoms with Crippen LogP contribution in [0, 0.1) is 19.7 Å². The summed E-state index contributed by atoms with van der Waals surface area (Å²) in [6, 6.07) is 15.9. The maximum atomic E-state index is 13.0. The molecule has 0 saturated heterocycles. The molecule has 3 rings (SSSR count). The molecule has 0 aromatic heterocycles. The summed E-state index contributed by atoms with van der Waals surface area (Å²) in [5, 5.41) is 0.420. The normalized spacial score (nSPS) is 11.0. The maximum absolute atomic E-state index is 13.0. The van der Waals surface area contributed by atoms with Gasteiger partial charge in [0.05, 0.1) is 17.8 Å². The van der Waals surface area contributed by atoms with Crippen LogP contribution in [0.5, 0.6) is 11.5 Å². The van der Waals surface area contributed by atoms with E-state index in [1.165, 1.54) is 12.1 Å². The number of halogens is 2. The number of methoxy groups -OCH3 is 1. The van der Waals surface area contributed by atoms with Crippen LogP contribution in [0.2, 0.25) is 5.02 Å². The lowest BCUT2D eigenvalue weighted by molar-refractivity contribution is 0.284. The van der Waals surface area contributed by atoms with Crippen LogP contribution in [-0.4, -0.2) is 13.3 Å². The van der Waals surface area contributed by atoms with Gasteiger partial charge in [0.2, 0.25) is 0 Å². The smallest absolute Gasteiger partial charge is 0.180 e. The van der Waals surface area contributed by atoms with Crippen molar-refractivity contribution in [3.05, 3.63) is 87.7 Å². The van der Waals surface area contributed by atoms with Crippen molar-refractivity contribution in [3.63, 3.8) is 0 Å². The van der Waals surface area contributed by atoms with Gasteiger partial charge < -0.3 is 9.47 Å². The van der Waals surface area contributed by atoms with Crippen LogP contribution in [0.4, 0.5) is 10.1 Å². The Morgan fingerprint density at radius 1 is 1.04 bits per heavy atom. The lowest BCUT2D eigenvalue weighted by Crippen LogP contribution is -1.99. The summed E-state index contributed by atoms with van der Waals surface area (Å²) in [5.41, 5.74) is 4.79. The van der Waals surface area contributed by atoms with E-state index in [-0.39, 0.29) is 12.4 Å². The molecule has 0 amide bonds. The minimum Gasteiger partial charge on any atom is -0.493 e. The van der Waals surface area contributed by atoms with Gasteiger partial charge in [0.25, 0.3) is 0 Å². The zero-order chi connectivity index (χ0) is 20.1. The molecule has 3 aromatic carbocycles. The van der Waals surface area contributed by atoms with Gasteiger partial charge >= 0.3 is 0 Å². The molecule has 0 saturated carbocycles. The van der Waals surface area contributed by atoms with Gasteiger partial charge in [-0.3, -0.25) is 4.99 Å². The first-order chi connectivity index (χ1) is 13.5. The molecule has 0 unspecified atom stereocenters. The van der Waals surface area contributed by atoms with Gasteiger partial charge in [0, 0.05) is 6.21 Å². The molecule has 5 heteroatoms. The van der Waals surface area contributed by atoms with Gasteiger partial charge in [-0.2, -0.15) is 0 Å². The summed E-state index contributed by atoms with van der Waals surface area (Å²) in [4.78, 5) is 4.57. The molecule has 3 nitrogen and oxygen atoms in total. The second kappa shape index (κ2) is 8.89. The molecule has 0 bridgehead atoms. The summed E-state index contributed by atoms with van der Waals surface area (Å²) in [7, 11) is 1.56. The van der Waals surface area contributed by atoms with Crippen molar-refractivity contribution in [3.8, 4) is 11.5 Å². The van der Waals surface area contributed by atoms with E-state index >= 15 is 0 Å². The van der Waals surface area contributed by atoms with E-state index in [1.807, 2.05) is 32.0 Å². The largest absolute Gasteiger partial charge is 0.493 e. The lowest BCUT2D eigenvalue weighted by Gasteiger charge is -2.13. The fourth-order valence-corrected chi connectivity index (χ4v) is 2.97. The van der Waals surface area contributed by atoms with Crippen LogP contribution < -0.4 is 9.47 Å². The van der Waals surface area contributed by atoms with Crippen molar-refractivity contribution in [1.29, 1.82) is 0 Å². The van der Waals surface area contributed by atoms with Crippen LogP contribution in [0.25, 0.3) is 0 Å². The highest BCUT2D eigenvalue weighted by Crippen LogP contribution is 2.36. The highest BCUT2D eigenvalue weighted by atomic mass is 35.5. The predicted octanol–water partition coefficient (Wildman–Crippen LogP) is 6.43. The molecule has 3 aromatic rings. The molecule has 0 fully saturated rings. The second-order valence-electron chi connectivity index (χ2n) is 6.50. The van der Waals surface area contributed by atoms with Crippen molar-refractivity contribution in [2.45, 2.75) is 20.5 Å². The maximum Gasteiger partial charge on any atom is 0.180 e. The molecule has 0 aliphatic heterocycles. The van der Waals surface area contributed by atoms with E-state index < -0.39 is 0 Å². The van der Waals surface area contributed by atoms with Crippen molar-refractivity contribution in [1.82, 2.24) is 0 Å². The molecule has 0 heterocycles. The number of hydrogen-bond acceptors (Lipinski definition) is 3. The number of benzene rings is 3. The monoisotopic (exact) mass is 397 g/mol. The highest BCUT2D eigenvalue weighted by Gasteiger charge is 2.12. The van der Waals surface area contributed by atoms with E-state index in [9.17, 15) is 4.39 Å². The zero-order valence-corrected chi connectivity index (χ0v) is 16.8. The average molecular weight is 398 g/mol. The Kier molecular flexibility index (Phi) is 6.32. The molecule has 144 valence electrons. The molecule has 0 radical (unpaired) electrons. The Labute approximate surface area is 169 Å². The number of hydrogen-bond donors (Lipinski definition) is 0. The van der Waals surface area contributed by atoms with Crippen LogP contribution in [0.15, 0.2) is 59.6 Å². The minimum atomic E-state index is -0.285. The lowest BCUT2D eigenvalue weighted by atomic mass is 10.1. The minimum absolute atomic E-state index is 0.256. The molecule has 0 N–H and O–H groups in total. The second-order valence-corrected chi connectivity index (χ2v) is 6.90. The van der Waals surface area contributed by atoms with Gasteiger partial charge in [-0.25, -0.2) is 4.39 Å². The molecule has 0 aliphatic rings. The Bertz CT molecular complexity index is 1000. The molecule has 0 spiro atoms. The summed E-state index contributed by atoms with van der Waals surface area (Å²) in [5.74, 6) is 0.668. The third-order valence-corrected chi connectivity index (χ3v) is 4.55. The summed E-state index contributed by atoms with van der Waals surface area (Å²) in [6.45, 7) is 4.31. The van der Waals surface area contributed by atoms with Crippen molar-refractivity contribution < 1.29 is 13.9 Å². The first-order valence-electron chi connectivity index (χ1n) is 8.82. The third kappa shape index (κ3) is 4.90. The quantitative estimate of drug-likeness (QED) is 0.448. The van der Waals surface area contributed by atoms with Crippen LogP contribution in [0.1, 0.15) is 22.3 Å². The zero-order valence-electron chi connectivity index (χ0n) is 16.0. The Balaban J connectivity index is 1.81. The number of rotatable bonds is 6. The number of aryl methyl sites for hydroxylation is 2. The molecule has 28 heavy (non-hydrogen) atoms. The third-order valence-electron chi connectivity index (χ3n) is 4.27. The summed E-state index contributed by atoms with van der Waals surface area (Å²) >= 11 is 6.42. The van der Waals surface area contributed by atoms with Gasteiger partial charge in [0.15, 0.2) is 11.5 Å². The number of nitrogens with zero attached hydrogens (tertiary/aromatic N) is 1. The number of aliphatic imine (C=N–C) groups is 1. The first kappa shape index (κ1) is 19.9. The number of ether oxygens (including phenoxy) is 2. The van der Waals surface area contributed by atoms with E-state index in [1.54, 1.807) is 31.5 Å². The van der Waals surface area contributed by atoms with Gasteiger partial charge in [-0.1, -0.05) is 35.9 Å². The van der Waals surface area contributed by atoms with Crippen molar-refractivity contribution in [2.24, 2.45) is 4.99 Å². The molecular formula is C23H21ClFNO2. The van der Waals surface area contributed by atoms with Gasteiger partial charge in [-0.05, 0) is 66.4 Å². The van der Waals surface area contributed by atoms with Crippen LogP contribution in [-0.2, 0) is 6.61 Å². The van der Waals surface area contributed by atoms with E-state index in [0.29, 0.717) is 16.5 Å². The molecular weight excluding hydrogens is 377 g/mol. The van der Waals surface area contributed by atoms with E-state index in [0.717, 1.165) is 27.9 Å². The fourth-order valence-electron chi connectivity index (χ4n) is 2.69. The van der Waals surface area contributed by atoms with Crippen molar-refractivity contribution in [2.75, 3.05) is 7.11 Å². The van der Waals surface area contributed by atoms with E-state index in [2.05, 4.69) is 11.1 Å². The van der Waals surface area contributed by atoms with Gasteiger partial charge in [0.1, 0.15) is 12.4 Å². The molecule has 0 atom stereocenters. The Morgan fingerprint density at radius 2 is 1.79 bits per heavy atom. The average Bonchev–Trinajstić information content (AvgIpc) is 2.68. The van der Waals surface area contributed by atoms with Crippen LogP contribution >= 0.6 is 11.6 Å². The van der Waals surface area contributed by atoms with E-state index in [4.69, 9.17) is 21.1 Å². The van der Waals surface area contributed by atoms with Crippen molar-refractivity contribution >= 4 is 23.5 Å². The Morgan fingerprint density at radius 3 is 2.50 bits per heavy atom. The summed E-state index contributed by atoms with van der Waals surface area (Å²) < 4.78 is 24.3. The summed E-state index contributed by atoms with van der Waals surface area (Å²) in [6.07, 6.45) is 1.75. The first-order valence-corrected chi connectivity index (χ1v) is 9.20. The topological polar surface area (TPSA) is 30.8 Å². The molecule has 0 aliphatic carbocycles. The fraction of sp³-hybridized carbons (Fsp3) is 0.174. The highest BCUT2D eigenvalue weighted by molar-refractivity contribution is 6.32.